The summed E-state index contributed by atoms with van der Waals surface area (Å²) in [7, 11) is 0. The van der Waals surface area contributed by atoms with Gasteiger partial charge in [0, 0.05) is 5.57 Å². The summed E-state index contributed by atoms with van der Waals surface area (Å²) >= 11 is 0. The average molecular weight is 178 g/mol. The van der Waals surface area contributed by atoms with E-state index in [9.17, 15) is 9.59 Å². The maximum Gasteiger partial charge on any atom is 0.167 e. The standard InChI is InChI=1S/C11H14O2/c1-3-4-5-6-9-8(2)10(12)7-11(9)13/h4-5H,3,6-7H2,1-2H3/b5-4-. The van der Waals surface area contributed by atoms with Crippen LogP contribution < -0.4 is 0 Å². The van der Waals surface area contributed by atoms with Gasteiger partial charge < -0.3 is 0 Å². The smallest absolute Gasteiger partial charge is 0.167 e. The second-order valence-electron chi connectivity index (χ2n) is 3.21. The quantitative estimate of drug-likeness (QED) is 0.490. The van der Waals surface area contributed by atoms with Crippen LogP contribution in [0.4, 0.5) is 0 Å². The van der Waals surface area contributed by atoms with Crippen molar-refractivity contribution in [2.24, 2.45) is 0 Å². The molecule has 0 amide bonds. The highest BCUT2D eigenvalue weighted by Crippen LogP contribution is 2.22. The lowest BCUT2D eigenvalue weighted by molar-refractivity contribution is -0.121. The molecule has 0 unspecified atom stereocenters. The Hall–Kier alpha value is -1.18. The largest absolute Gasteiger partial charge is 0.294 e. The van der Waals surface area contributed by atoms with Gasteiger partial charge in [-0.2, -0.15) is 0 Å². The molecule has 0 bridgehead atoms. The van der Waals surface area contributed by atoms with Crippen molar-refractivity contribution in [1.29, 1.82) is 0 Å². The van der Waals surface area contributed by atoms with Crippen LogP contribution in [-0.2, 0) is 9.59 Å². The van der Waals surface area contributed by atoms with Crippen LogP contribution in [-0.4, -0.2) is 11.6 Å². The normalized spacial score (nSPS) is 18.0. The van der Waals surface area contributed by atoms with Crippen molar-refractivity contribution in [3.8, 4) is 0 Å². The third-order valence-corrected chi connectivity index (χ3v) is 2.25. The van der Waals surface area contributed by atoms with Gasteiger partial charge in [-0.05, 0) is 25.3 Å². The molecular formula is C11H14O2. The van der Waals surface area contributed by atoms with Crippen LogP contribution in [0.1, 0.15) is 33.1 Å². The number of allylic oxidation sites excluding steroid dienone is 4. The van der Waals surface area contributed by atoms with Gasteiger partial charge in [0.2, 0.25) is 0 Å². The number of ketones is 2. The average Bonchev–Trinajstić information content (AvgIpc) is 2.32. The molecule has 0 saturated heterocycles. The number of rotatable bonds is 3. The van der Waals surface area contributed by atoms with Crippen molar-refractivity contribution in [2.75, 3.05) is 0 Å². The molecule has 1 aliphatic carbocycles. The van der Waals surface area contributed by atoms with Gasteiger partial charge in [0.15, 0.2) is 11.6 Å². The van der Waals surface area contributed by atoms with E-state index in [0.717, 1.165) is 6.42 Å². The van der Waals surface area contributed by atoms with Crippen LogP contribution in [0.5, 0.6) is 0 Å². The summed E-state index contributed by atoms with van der Waals surface area (Å²) in [5, 5.41) is 0. The predicted octanol–water partition coefficient (Wildman–Crippen LogP) is 2.20. The molecule has 0 spiro atoms. The first-order chi connectivity index (χ1) is 6.16. The molecule has 0 aromatic rings. The van der Waals surface area contributed by atoms with Gasteiger partial charge in [-0.25, -0.2) is 0 Å². The summed E-state index contributed by atoms with van der Waals surface area (Å²) in [5.41, 5.74) is 1.36. The van der Waals surface area contributed by atoms with Gasteiger partial charge >= 0.3 is 0 Å². The Morgan fingerprint density at radius 2 is 1.92 bits per heavy atom. The lowest BCUT2D eigenvalue weighted by atomic mass is 10.1. The van der Waals surface area contributed by atoms with E-state index >= 15 is 0 Å². The van der Waals surface area contributed by atoms with Crippen LogP contribution >= 0.6 is 0 Å². The molecule has 13 heavy (non-hydrogen) atoms. The number of Topliss-reactive ketones (excluding diaryl/α,β-unsaturated/α-hetero) is 2. The Labute approximate surface area is 78.3 Å². The maximum atomic E-state index is 11.3. The van der Waals surface area contributed by atoms with Crippen LogP contribution in [0.25, 0.3) is 0 Å². The molecule has 0 fully saturated rings. The highest BCUT2D eigenvalue weighted by Gasteiger charge is 2.25. The first kappa shape index (κ1) is 9.90. The number of carbonyl (C=O) groups is 2. The molecule has 0 heterocycles. The molecule has 0 atom stereocenters. The second kappa shape index (κ2) is 4.17. The second-order valence-corrected chi connectivity index (χ2v) is 3.21. The van der Waals surface area contributed by atoms with Crippen molar-refractivity contribution in [3.63, 3.8) is 0 Å². The molecule has 70 valence electrons. The van der Waals surface area contributed by atoms with Gasteiger partial charge in [0.05, 0.1) is 6.42 Å². The third-order valence-electron chi connectivity index (χ3n) is 2.25. The van der Waals surface area contributed by atoms with E-state index in [2.05, 4.69) is 0 Å². The van der Waals surface area contributed by atoms with Crippen molar-refractivity contribution >= 4 is 11.6 Å². The summed E-state index contributed by atoms with van der Waals surface area (Å²) in [6.45, 7) is 3.78. The van der Waals surface area contributed by atoms with E-state index in [0.29, 0.717) is 17.6 Å². The van der Waals surface area contributed by atoms with Crippen LogP contribution in [0.2, 0.25) is 0 Å². The Bertz CT molecular complexity index is 295. The molecule has 0 aromatic carbocycles. The summed E-state index contributed by atoms with van der Waals surface area (Å²) in [4.78, 5) is 22.4. The number of hydrogen-bond donors (Lipinski definition) is 0. The zero-order chi connectivity index (χ0) is 9.84. The summed E-state index contributed by atoms with van der Waals surface area (Å²) < 4.78 is 0. The zero-order valence-electron chi connectivity index (χ0n) is 8.09. The minimum Gasteiger partial charge on any atom is -0.294 e. The Morgan fingerprint density at radius 1 is 1.23 bits per heavy atom. The van der Waals surface area contributed by atoms with Crippen molar-refractivity contribution in [3.05, 3.63) is 23.3 Å². The van der Waals surface area contributed by atoms with E-state index in [1.807, 2.05) is 19.1 Å². The van der Waals surface area contributed by atoms with E-state index < -0.39 is 0 Å². The molecule has 2 nitrogen and oxygen atoms in total. The minimum atomic E-state index is -0.00935. The SMILES string of the molecule is CC/C=C\CC1=C(C)C(=O)CC1=O. The molecular weight excluding hydrogens is 164 g/mol. The number of carbonyl (C=O) groups excluding carboxylic acids is 2. The van der Waals surface area contributed by atoms with Crippen molar-refractivity contribution in [1.82, 2.24) is 0 Å². The fourth-order valence-corrected chi connectivity index (χ4v) is 1.40. The summed E-state index contributed by atoms with van der Waals surface area (Å²) in [6.07, 6.45) is 5.63. The molecule has 0 N–H and O–H groups in total. The maximum absolute atomic E-state index is 11.3. The molecule has 2 heteroatoms. The van der Waals surface area contributed by atoms with E-state index in [-0.39, 0.29) is 18.0 Å². The fourth-order valence-electron chi connectivity index (χ4n) is 1.40. The van der Waals surface area contributed by atoms with Gasteiger partial charge in [-0.15, -0.1) is 0 Å². The highest BCUT2D eigenvalue weighted by molar-refractivity contribution is 6.22. The van der Waals surface area contributed by atoms with Gasteiger partial charge in [-0.1, -0.05) is 19.1 Å². The molecule has 0 radical (unpaired) electrons. The first-order valence-electron chi connectivity index (χ1n) is 4.58. The molecule has 1 aliphatic rings. The Kier molecular flexibility index (Phi) is 3.18. The molecule has 0 aromatic heterocycles. The molecule has 1 rings (SSSR count). The van der Waals surface area contributed by atoms with Crippen molar-refractivity contribution in [2.45, 2.75) is 33.1 Å². The van der Waals surface area contributed by atoms with Crippen molar-refractivity contribution < 1.29 is 9.59 Å². The van der Waals surface area contributed by atoms with Crippen LogP contribution in [0, 0.1) is 0 Å². The molecule has 0 aliphatic heterocycles. The van der Waals surface area contributed by atoms with Gasteiger partial charge in [0.25, 0.3) is 0 Å². The predicted molar refractivity (Wildman–Crippen MR) is 51.4 cm³/mol. The topological polar surface area (TPSA) is 34.1 Å². The third kappa shape index (κ3) is 2.14. The fraction of sp³-hybridized carbons (Fsp3) is 0.455. The molecule has 0 saturated carbocycles. The number of hydrogen-bond acceptors (Lipinski definition) is 2. The highest BCUT2D eigenvalue weighted by atomic mass is 16.2. The van der Waals surface area contributed by atoms with Crippen LogP contribution in [0.3, 0.4) is 0 Å². The Balaban J connectivity index is 2.72. The summed E-state index contributed by atoms with van der Waals surface area (Å²) in [6, 6.07) is 0. The lowest BCUT2D eigenvalue weighted by Crippen LogP contribution is -1.96. The van der Waals surface area contributed by atoms with E-state index in [1.54, 1.807) is 6.92 Å². The zero-order valence-corrected chi connectivity index (χ0v) is 8.09. The minimum absolute atomic E-state index is 0.00301. The van der Waals surface area contributed by atoms with E-state index in [4.69, 9.17) is 0 Å². The Morgan fingerprint density at radius 3 is 2.38 bits per heavy atom. The van der Waals surface area contributed by atoms with Gasteiger partial charge in [0.1, 0.15) is 0 Å². The van der Waals surface area contributed by atoms with Gasteiger partial charge in [-0.3, -0.25) is 9.59 Å². The monoisotopic (exact) mass is 178 g/mol. The first-order valence-corrected chi connectivity index (χ1v) is 4.58. The lowest BCUT2D eigenvalue weighted by Gasteiger charge is -1.95. The summed E-state index contributed by atoms with van der Waals surface area (Å²) in [5.74, 6) is -0.00634. The van der Waals surface area contributed by atoms with Crippen LogP contribution in [0.15, 0.2) is 23.3 Å². The van der Waals surface area contributed by atoms with E-state index in [1.165, 1.54) is 0 Å².